The molecule has 0 unspecified atom stereocenters. The van der Waals surface area contributed by atoms with E-state index in [2.05, 4.69) is 0 Å². The highest BCUT2D eigenvalue weighted by molar-refractivity contribution is 6.42. The maximum Gasteiger partial charge on any atom is 0.343 e. The molecule has 5 nitrogen and oxygen atoms in total. The quantitative estimate of drug-likeness (QED) is 0.266. The Balaban J connectivity index is 1.84. The normalized spacial score (nSPS) is 15.7. The topological polar surface area (TPSA) is 69.7 Å². The van der Waals surface area contributed by atoms with Crippen LogP contribution in [0, 0.1) is 5.41 Å². The van der Waals surface area contributed by atoms with Gasteiger partial charge in [0.1, 0.15) is 0 Å². The van der Waals surface area contributed by atoms with E-state index in [4.69, 9.17) is 32.7 Å². The molecule has 30 heavy (non-hydrogen) atoms. The second kappa shape index (κ2) is 8.62. The van der Waals surface area contributed by atoms with Crippen molar-refractivity contribution in [2.24, 2.45) is 5.41 Å². The first-order valence-corrected chi connectivity index (χ1v) is 9.98. The summed E-state index contributed by atoms with van der Waals surface area (Å²) in [4.78, 5) is 37.2. The molecule has 1 saturated carbocycles. The molecule has 0 atom stereocenters. The van der Waals surface area contributed by atoms with Crippen LogP contribution in [0.5, 0.6) is 11.5 Å². The second-order valence-corrected chi connectivity index (χ2v) is 8.67. The number of benzene rings is 2. The molecular weight excluding hydrogens is 427 g/mol. The van der Waals surface area contributed by atoms with Crippen LogP contribution in [0.2, 0.25) is 10.0 Å². The monoisotopic (exact) mass is 446 g/mol. The Morgan fingerprint density at radius 3 is 2.23 bits per heavy atom. The van der Waals surface area contributed by atoms with Gasteiger partial charge in [-0.3, -0.25) is 9.59 Å². The highest BCUT2D eigenvalue weighted by Crippen LogP contribution is 2.35. The molecule has 0 heterocycles. The van der Waals surface area contributed by atoms with Crippen LogP contribution in [0.15, 0.2) is 42.0 Å². The Labute approximate surface area is 184 Å². The summed E-state index contributed by atoms with van der Waals surface area (Å²) in [6, 6.07) is 9.22. The van der Waals surface area contributed by atoms with Crippen molar-refractivity contribution < 1.29 is 23.9 Å². The molecule has 0 aromatic heterocycles. The van der Waals surface area contributed by atoms with Crippen LogP contribution in [0.3, 0.4) is 0 Å². The van der Waals surface area contributed by atoms with Crippen molar-refractivity contribution in [3.05, 3.63) is 63.1 Å². The number of Topliss-reactive ketones (excluding diaryl/α,β-unsaturated/α-hetero) is 2. The van der Waals surface area contributed by atoms with Gasteiger partial charge in [0.2, 0.25) is 0 Å². The van der Waals surface area contributed by atoms with Crippen LogP contribution in [0.25, 0.3) is 6.08 Å². The number of rotatable bonds is 4. The van der Waals surface area contributed by atoms with Crippen LogP contribution < -0.4 is 9.47 Å². The summed E-state index contributed by atoms with van der Waals surface area (Å²) >= 11 is 11.8. The summed E-state index contributed by atoms with van der Waals surface area (Å²) in [5.41, 5.74) is 0.680. The van der Waals surface area contributed by atoms with E-state index in [0.29, 0.717) is 23.4 Å². The average molecular weight is 447 g/mol. The third-order valence-electron chi connectivity index (χ3n) is 4.74. The fourth-order valence-corrected chi connectivity index (χ4v) is 3.54. The van der Waals surface area contributed by atoms with Crippen LogP contribution in [0.4, 0.5) is 0 Å². The summed E-state index contributed by atoms with van der Waals surface area (Å²) in [7, 11) is 1.43. The first kappa shape index (κ1) is 22.1. The van der Waals surface area contributed by atoms with E-state index >= 15 is 0 Å². The first-order chi connectivity index (χ1) is 14.1. The maximum atomic E-state index is 12.4. The van der Waals surface area contributed by atoms with Gasteiger partial charge in [0.25, 0.3) is 0 Å². The second-order valence-electron chi connectivity index (χ2n) is 7.85. The number of methoxy groups -OCH3 is 1. The highest BCUT2D eigenvalue weighted by atomic mass is 35.5. The van der Waals surface area contributed by atoms with E-state index < -0.39 is 5.97 Å². The summed E-state index contributed by atoms with van der Waals surface area (Å²) in [5.74, 6) is -0.500. The van der Waals surface area contributed by atoms with Gasteiger partial charge >= 0.3 is 5.97 Å². The van der Waals surface area contributed by atoms with Crippen molar-refractivity contribution in [3.8, 4) is 11.5 Å². The molecule has 7 heteroatoms. The molecule has 0 amide bonds. The zero-order chi connectivity index (χ0) is 22.1. The molecule has 0 bridgehead atoms. The van der Waals surface area contributed by atoms with Crippen molar-refractivity contribution in [2.75, 3.05) is 7.11 Å². The summed E-state index contributed by atoms with van der Waals surface area (Å²) in [6.07, 6.45) is 2.19. The lowest BCUT2D eigenvalue weighted by molar-refractivity contribution is -0.127. The summed E-state index contributed by atoms with van der Waals surface area (Å²) in [6.45, 7) is 3.80. The Morgan fingerprint density at radius 1 is 0.967 bits per heavy atom. The predicted octanol–water partition coefficient (Wildman–Crippen LogP) is 5.56. The van der Waals surface area contributed by atoms with Gasteiger partial charge in [0.15, 0.2) is 23.1 Å². The highest BCUT2D eigenvalue weighted by Gasteiger charge is 2.35. The van der Waals surface area contributed by atoms with Crippen LogP contribution in [-0.2, 0) is 9.59 Å². The molecular formula is C23H20Cl2O5. The molecule has 156 valence electrons. The lowest BCUT2D eigenvalue weighted by Crippen LogP contribution is -2.31. The Bertz CT molecular complexity index is 1050. The number of hydrogen-bond donors (Lipinski definition) is 0. The fraction of sp³-hybridized carbons (Fsp3) is 0.261. The SMILES string of the molecule is COc1cc(C=C2C(=O)CC(C)(C)CC2=O)ccc1OC(=O)c1ccc(Cl)c(Cl)c1. The number of ether oxygens (including phenoxy) is 2. The van der Waals surface area contributed by atoms with Crippen LogP contribution in [-0.4, -0.2) is 24.6 Å². The minimum atomic E-state index is -0.627. The maximum absolute atomic E-state index is 12.4. The van der Waals surface area contributed by atoms with Crippen molar-refractivity contribution >= 4 is 46.8 Å². The first-order valence-electron chi connectivity index (χ1n) is 9.23. The van der Waals surface area contributed by atoms with E-state index in [1.54, 1.807) is 24.3 Å². The number of ketones is 2. The molecule has 0 aliphatic heterocycles. The van der Waals surface area contributed by atoms with Crippen LogP contribution >= 0.6 is 23.2 Å². The molecule has 0 N–H and O–H groups in total. The van der Waals surface area contributed by atoms with E-state index in [9.17, 15) is 14.4 Å². The van der Waals surface area contributed by atoms with Gasteiger partial charge in [0, 0.05) is 12.8 Å². The van der Waals surface area contributed by atoms with Gasteiger partial charge in [0.05, 0.1) is 28.3 Å². The van der Waals surface area contributed by atoms with Crippen molar-refractivity contribution in [1.82, 2.24) is 0 Å². The molecule has 0 radical (unpaired) electrons. The lowest BCUT2D eigenvalue weighted by Gasteiger charge is -2.28. The van der Waals surface area contributed by atoms with E-state index in [1.165, 1.54) is 25.3 Å². The summed E-state index contributed by atoms with van der Waals surface area (Å²) in [5, 5.41) is 0.573. The van der Waals surface area contributed by atoms with Gasteiger partial charge in [-0.1, -0.05) is 43.1 Å². The minimum Gasteiger partial charge on any atom is -0.493 e. The number of allylic oxidation sites excluding steroid dienone is 1. The molecule has 2 aromatic carbocycles. The molecule has 0 saturated heterocycles. The van der Waals surface area contributed by atoms with E-state index in [0.717, 1.165) is 0 Å². The van der Waals surface area contributed by atoms with Gasteiger partial charge in [-0.25, -0.2) is 4.79 Å². The van der Waals surface area contributed by atoms with E-state index in [-0.39, 0.29) is 44.6 Å². The standard InChI is InChI=1S/C23H20Cl2O5/c1-23(2)11-18(26)15(19(27)12-23)8-13-4-7-20(21(9-13)29-3)30-22(28)14-5-6-16(24)17(25)10-14/h4-10H,11-12H2,1-3H3. The minimum absolute atomic E-state index is 0.176. The molecule has 2 aromatic rings. The number of halogens is 2. The predicted molar refractivity (Wildman–Crippen MR) is 115 cm³/mol. The van der Waals surface area contributed by atoms with Crippen molar-refractivity contribution in [3.63, 3.8) is 0 Å². The van der Waals surface area contributed by atoms with Gasteiger partial charge < -0.3 is 9.47 Å². The zero-order valence-electron chi connectivity index (χ0n) is 16.8. The largest absolute Gasteiger partial charge is 0.493 e. The number of carbonyl (C=O) groups excluding carboxylic acids is 3. The Hall–Kier alpha value is -2.63. The van der Waals surface area contributed by atoms with Crippen molar-refractivity contribution in [1.29, 1.82) is 0 Å². The summed E-state index contributed by atoms with van der Waals surface area (Å²) < 4.78 is 10.7. The number of carbonyl (C=O) groups is 3. The number of esters is 1. The smallest absolute Gasteiger partial charge is 0.343 e. The van der Waals surface area contributed by atoms with Gasteiger partial charge in [-0.05, 0) is 47.4 Å². The average Bonchev–Trinajstić information content (AvgIpc) is 2.67. The van der Waals surface area contributed by atoms with Crippen molar-refractivity contribution in [2.45, 2.75) is 26.7 Å². The Kier molecular flexibility index (Phi) is 6.34. The lowest BCUT2D eigenvalue weighted by atomic mass is 9.74. The zero-order valence-corrected chi connectivity index (χ0v) is 18.3. The van der Waals surface area contributed by atoms with E-state index in [1.807, 2.05) is 13.8 Å². The van der Waals surface area contributed by atoms with Crippen LogP contribution in [0.1, 0.15) is 42.6 Å². The third-order valence-corrected chi connectivity index (χ3v) is 5.47. The molecule has 0 spiro atoms. The van der Waals surface area contributed by atoms with Gasteiger partial charge in [-0.15, -0.1) is 0 Å². The molecule has 3 rings (SSSR count). The molecule has 1 aliphatic carbocycles. The molecule has 1 aliphatic rings. The Morgan fingerprint density at radius 2 is 1.63 bits per heavy atom. The number of hydrogen-bond acceptors (Lipinski definition) is 5. The van der Waals surface area contributed by atoms with Gasteiger partial charge in [-0.2, -0.15) is 0 Å². The third kappa shape index (κ3) is 4.91. The molecule has 1 fully saturated rings. The fourth-order valence-electron chi connectivity index (χ4n) is 3.25.